The number of hydrogen-bond acceptors (Lipinski definition) is 1. The van der Waals surface area contributed by atoms with Crippen molar-refractivity contribution >= 4 is 27.8 Å². The highest BCUT2D eigenvalue weighted by Gasteiger charge is 2.39. The summed E-state index contributed by atoms with van der Waals surface area (Å²) in [6, 6.07) is 64.0. The molecule has 0 unspecified atom stereocenters. The predicted molar refractivity (Wildman–Crippen MR) is 243 cm³/mol. The van der Waals surface area contributed by atoms with Crippen molar-refractivity contribution in [3.05, 3.63) is 198 Å². The molecule has 57 heavy (non-hydrogen) atoms. The van der Waals surface area contributed by atoms with Gasteiger partial charge in [-0.1, -0.05) is 188 Å². The molecule has 0 atom stereocenters. The second-order valence-corrected chi connectivity index (χ2v) is 18.2. The molecule has 0 bridgehead atoms. The number of hydrogen-bond donors (Lipinski definition) is 0. The van der Waals surface area contributed by atoms with Crippen LogP contribution in [0.25, 0.3) is 55.3 Å². The summed E-state index contributed by atoms with van der Waals surface area (Å²) in [6.45, 7) is 16.5. The largest absolute Gasteiger partial charge is 0.309 e. The van der Waals surface area contributed by atoms with Gasteiger partial charge in [0.1, 0.15) is 0 Å². The van der Waals surface area contributed by atoms with Crippen LogP contribution in [0.15, 0.2) is 170 Å². The van der Waals surface area contributed by atoms with Gasteiger partial charge in [0.25, 0.3) is 0 Å². The predicted octanol–water partition coefficient (Wildman–Crippen LogP) is 15.6. The average molecular weight is 736 g/mol. The summed E-state index contributed by atoms with van der Waals surface area (Å²) in [6.07, 6.45) is 0. The van der Waals surface area contributed by atoms with E-state index in [2.05, 4.69) is 223 Å². The zero-order chi connectivity index (χ0) is 39.3. The molecule has 8 aromatic rings. The van der Waals surface area contributed by atoms with E-state index in [9.17, 15) is 0 Å². The summed E-state index contributed by atoms with van der Waals surface area (Å²) in [7, 11) is 0. The molecule has 2 aliphatic carbocycles. The molecule has 1 heteroatoms. The fourth-order valence-electron chi connectivity index (χ4n) is 9.98. The lowest BCUT2D eigenvalue weighted by Gasteiger charge is -2.33. The average Bonchev–Trinajstić information content (AvgIpc) is 3.60. The van der Waals surface area contributed by atoms with Crippen molar-refractivity contribution < 1.29 is 0 Å². The Morgan fingerprint density at radius 2 is 1.00 bits per heavy atom. The van der Waals surface area contributed by atoms with Crippen LogP contribution in [0.1, 0.15) is 76.3 Å². The molecule has 0 aliphatic heterocycles. The van der Waals surface area contributed by atoms with Crippen LogP contribution in [0.5, 0.6) is 0 Å². The Labute approximate surface area is 338 Å². The van der Waals surface area contributed by atoms with E-state index in [0.29, 0.717) is 0 Å². The molecule has 0 saturated heterocycles. The number of benzene rings is 8. The normalized spacial score (nSPS) is 14.5. The second kappa shape index (κ2) is 12.7. The first-order valence-corrected chi connectivity index (χ1v) is 20.4. The van der Waals surface area contributed by atoms with E-state index in [1.807, 2.05) is 0 Å². The molecular formula is C56H49N. The standard InChI is InChI=1S/C56H49N/c1-54(2,3)38-29-33-50(45(34-38)36-18-9-8-10-19-36)57(39-30-31-42-41-22-13-15-25-46(41)56(6,7)49(42)35-39)51-32-28-37-20-11-12-21-40(37)53(51)44-24-17-27-48-52(44)43-23-14-16-26-47(43)55(48,4)5/h8-35H,1-7H3. The first-order valence-electron chi connectivity index (χ1n) is 20.4. The fraction of sp³-hybridized carbons (Fsp3) is 0.179. The van der Waals surface area contributed by atoms with Crippen LogP contribution in [-0.2, 0) is 16.2 Å². The summed E-state index contributed by atoms with van der Waals surface area (Å²) in [4.78, 5) is 2.57. The lowest BCUT2D eigenvalue weighted by molar-refractivity contribution is 0.590. The third-order valence-electron chi connectivity index (χ3n) is 13.0. The maximum Gasteiger partial charge on any atom is 0.0546 e. The molecule has 8 aromatic carbocycles. The third kappa shape index (κ3) is 5.36. The smallest absolute Gasteiger partial charge is 0.0546 e. The molecule has 278 valence electrons. The Balaban J connectivity index is 1.32. The molecule has 1 nitrogen and oxygen atoms in total. The van der Waals surface area contributed by atoms with Crippen LogP contribution in [-0.4, -0.2) is 0 Å². The van der Waals surface area contributed by atoms with Crippen LogP contribution in [0.3, 0.4) is 0 Å². The van der Waals surface area contributed by atoms with Gasteiger partial charge < -0.3 is 4.90 Å². The lowest BCUT2D eigenvalue weighted by Crippen LogP contribution is -2.18. The number of anilines is 3. The van der Waals surface area contributed by atoms with Crippen molar-refractivity contribution in [1.82, 2.24) is 0 Å². The van der Waals surface area contributed by atoms with Crippen molar-refractivity contribution in [3.63, 3.8) is 0 Å². The van der Waals surface area contributed by atoms with Gasteiger partial charge in [0, 0.05) is 27.6 Å². The molecule has 0 fully saturated rings. The minimum Gasteiger partial charge on any atom is -0.309 e. The summed E-state index contributed by atoms with van der Waals surface area (Å²) >= 11 is 0. The summed E-state index contributed by atoms with van der Waals surface area (Å²) in [5.74, 6) is 0. The minimum atomic E-state index is -0.145. The second-order valence-electron chi connectivity index (χ2n) is 18.2. The zero-order valence-corrected chi connectivity index (χ0v) is 34.1. The highest BCUT2D eigenvalue weighted by molar-refractivity contribution is 6.10. The van der Waals surface area contributed by atoms with E-state index < -0.39 is 0 Å². The third-order valence-corrected chi connectivity index (χ3v) is 13.0. The Morgan fingerprint density at radius 3 is 1.77 bits per heavy atom. The van der Waals surface area contributed by atoms with Crippen LogP contribution >= 0.6 is 0 Å². The molecule has 0 saturated carbocycles. The summed E-state index contributed by atoms with van der Waals surface area (Å²) < 4.78 is 0. The molecule has 0 heterocycles. The summed E-state index contributed by atoms with van der Waals surface area (Å²) in [5.41, 5.74) is 20.3. The van der Waals surface area contributed by atoms with E-state index in [4.69, 9.17) is 0 Å². The van der Waals surface area contributed by atoms with E-state index in [0.717, 1.165) is 11.4 Å². The van der Waals surface area contributed by atoms with Gasteiger partial charge in [0.2, 0.25) is 0 Å². The number of rotatable bonds is 5. The van der Waals surface area contributed by atoms with Crippen molar-refractivity contribution in [3.8, 4) is 44.5 Å². The molecule has 0 N–H and O–H groups in total. The molecule has 10 rings (SSSR count). The Bertz CT molecular complexity index is 2880. The van der Waals surface area contributed by atoms with Crippen LogP contribution < -0.4 is 4.90 Å². The van der Waals surface area contributed by atoms with Crippen molar-refractivity contribution in [1.29, 1.82) is 0 Å². The summed E-state index contributed by atoms with van der Waals surface area (Å²) in [5, 5.41) is 2.48. The highest BCUT2D eigenvalue weighted by atomic mass is 15.1. The monoisotopic (exact) mass is 735 g/mol. The van der Waals surface area contributed by atoms with Crippen molar-refractivity contribution in [2.24, 2.45) is 0 Å². The van der Waals surface area contributed by atoms with Crippen molar-refractivity contribution in [2.75, 3.05) is 4.90 Å². The van der Waals surface area contributed by atoms with E-state index in [1.165, 1.54) is 88.8 Å². The first kappa shape index (κ1) is 35.2. The Morgan fingerprint density at radius 1 is 0.404 bits per heavy atom. The van der Waals surface area contributed by atoms with E-state index in [-0.39, 0.29) is 16.2 Å². The molecule has 0 aromatic heterocycles. The Kier molecular flexibility index (Phi) is 7.83. The first-order chi connectivity index (χ1) is 27.4. The van der Waals surface area contributed by atoms with E-state index >= 15 is 0 Å². The molecule has 2 aliphatic rings. The van der Waals surface area contributed by atoms with Gasteiger partial charge in [-0.05, 0) is 108 Å². The maximum atomic E-state index is 2.57. The SMILES string of the molecule is CC(C)(C)c1ccc(N(c2ccc3c(c2)C(C)(C)c2ccccc2-3)c2ccc3ccccc3c2-c2cccc3c2-c2ccccc2C3(C)C)c(-c2ccccc2)c1. The zero-order valence-electron chi connectivity index (χ0n) is 34.1. The highest BCUT2D eigenvalue weighted by Crippen LogP contribution is 2.57. The number of fused-ring (bicyclic) bond motifs is 7. The lowest BCUT2D eigenvalue weighted by atomic mass is 9.81. The molecule has 0 spiro atoms. The fourth-order valence-corrected chi connectivity index (χ4v) is 9.98. The molecule has 0 amide bonds. The van der Waals surface area contributed by atoms with Gasteiger partial charge in [-0.25, -0.2) is 0 Å². The molecular weight excluding hydrogens is 687 g/mol. The van der Waals surface area contributed by atoms with Gasteiger partial charge in [-0.3, -0.25) is 0 Å². The maximum absolute atomic E-state index is 2.57. The Hall–Kier alpha value is -6.18. The number of nitrogens with zero attached hydrogens (tertiary/aromatic N) is 1. The van der Waals surface area contributed by atoms with E-state index in [1.54, 1.807) is 0 Å². The topological polar surface area (TPSA) is 3.24 Å². The van der Waals surface area contributed by atoms with Gasteiger partial charge >= 0.3 is 0 Å². The van der Waals surface area contributed by atoms with Gasteiger partial charge in [-0.2, -0.15) is 0 Å². The van der Waals surface area contributed by atoms with Gasteiger partial charge in [-0.15, -0.1) is 0 Å². The van der Waals surface area contributed by atoms with Crippen LogP contribution in [0.4, 0.5) is 17.1 Å². The minimum absolute atomic E-state index is 0.0187. The quantitative estimate of drug-likeness (QED) is 0.170. The van der Waals surface area contributed by atoms with Crippen LogP contribution in [0.2, 0.25) is 0 Å². The molecule has 0 radical (unpaired) electrons. The van der Waals surface area contributed by atoms with Crippen LogP contribution in [0, 0.1) is 0 Å². The van der Waals surface area contributed by atoms with Crippen molar-refractivity contribution in [2.45, 2.75) is 64.7 Å². The van der Waals surface area contributed by atoms with Gasteiger partial charge in [0.05, 0.1) is 11.4 Å². The van der Waals surface area contributed by atoms with Gasteiger partial charge in [0.15, 0.2) is 0 Å².